The van der Waals surface area contributed by atoms with Gasteiger partial charge in [-0.15, -0.1) is 11.3 Å². The molecule has 1 saturated heterocycles. The molecule has 1 amide bonds. The summed E-state index contributed by atoms with van der Waals surface area (Å²) in [6.07, 6.45) is 0. The van der Waals surface area contributed by atoms with Gasteiger partial charge in [0.15, 0.2) is 5.13 Å². The fourth-order valence-electron chi connectivity index (χ4n) is 4.28. The zero-order chi connectivity index (χ0) is 23.9. The molecular weight excluding hydrogens is 470 g/mol. The molecular formula is C24H26N5O3S2+. The van der Waals surface area contributed by atoms with Crippen molar-refractivity contribution < 1.29 is 18.1 Å². The maximum Gasteiger partial charge on any atom is 0.257 e. The van der Waals surface area contributed by atoms with Crippen LogP contribution in [0.4, 0.5) is 5.13 Å². The van der Waals surface area contributed by atoms with E-state index in [1.807, 2.05) is 36.6 Å². The first-order valence-corrected chi connectivity index (χ1v) is 13.4. The lowest BCUT2D eigenvalue weighted by Crippen LogP contribution is -3.12. The van der Waals surface area contributed by atoms with Crippen molar-refractivity contribution in [2.45, 2.75) is 11.8 Å². The number of aromatic nitrogens is 2. The highest BCUT2D eigenvalue weighted by Crippen LogP contribution is 2.34. The SMILES string of the molecule is Cc1[nH]c2ccccc2c1-c1csc(NC(=O)c2cccc(S(=O)(=O)N3CC[NH+](C)CC3)c2)n1. The predicted octanol–water partition coefficient (Wildman–Crippen LogP) is 2.37. The zero-order valence-electron chi connectivity index (χ0n) is 19.0. The first kappa shape index (κ1) is 22.7. The molecule has 0 bridgehead atoms. The van der Waals surface area contributed by atoms with Gasteiger partial charge in [0.25, 0.3) is 5.91 Å². The lowest BCUT2D eigenvalue weighted by Gasteiger charge is -2.29. The number of fused-ring (bicyclic) bond motifs is 1. The number of rotatable bonds is 5. The molecule has 0 atom stereocenters. The first-order chi connectivity index (χ1) is 16.3. The summed E-state index contributed by atoms with van der Waals surface area (Å²) in [6, 6.07) is 14.2. The van der Waals surface area contributed by atoms with Crippen molar-refractivity contribution in [3.63, 3.8) is 0 Å². The monoisotopic (exact) mass is 496 g/mol. The van der Waals surface area contributed by atoms with Crippen molar-refractivity contribution in [1.82, 2.24) is 14.3 Å². The van der Waals surface area contributed by atoms with Crippen molar-refractivity contribution in [2.24, 2.45) is 0 Å². The summed E-state index contributed by atoms with van der Waals surface area (Å²) in [7, 11) is -1.59. The number of hydrogen-bond acceptors (Lipinski definition) is 5. The molecule has 5 rings (SSSR count). The second-order valence-electron chi connectivity index (χ2n) is 8.55. The van der Waals surface area contributed by atoms with Crippen molar-refractivity contribution in [3.05, 3.63) is 65.2 Å². The van der Waals surface area contributed by atoms with E-state index in [1.54, 1.807) is 18.2 Å². The van der Waals surface area contributed by atoms with E-state index in [-0.39, 0.29) is 10.5 Å². The highest BCUT2D eigenvalue weighted by molar-refractivity contribution is 7.89. The van der Waals surface area contributed by atoms with Crippen LogP contribution in [0.2, 0.25) is 0 Å². The van der Waals surface area contributed by atoms with Gasteiger partial charge in [0, 0.05) is 33.1 Å². The smallest absolute Gasteiger partial charge is 0.257 e. The Kier molecular flexibility index (Phi) is 5.98. The Morgan fingerprint density at radius 3 is 2.71 bits per heavy atom. The van der Waals surface area contributed by atoms with E-state index in [1.165, 1.54) is 26.6 Å². The molecule has 1 aliphatic heterocycles. The van der Waals surface area contributed by atoms with E-state index >= 15 is 0 Å². The van der Waals surface area contributed by atoms with Crippen LogP contribution >= 0.6 is 11.3 Å². The molecule has 8 nitrogen and oxygen atoms in total. The summed E-state index contributed by atoms with van der Waals surface area (Å²) in [5.74, 6) is -0.392. The van der Waals surface area contributed by atoms with Gasteiger partial charge < -0.3 is 9.88 Å². The van der Waals surface area contributed by atoms with Crippen LogP contribution in [0.1, 0.15) is 16.1 Å². The number of thiazole rings is 1. The van der Waals surface area contributed by atoms with E-state index in [2.05, 4.69) is 22.3 Å². The van der Waals surface area contributed by atoms with Gasteiger partial charge in [0.05, 0.1) is 43.8 Å². The average molecular weight is 497 g/mol. The largest absolute Gasteiger partial charge is 0.358 e. The number of aromatic amines is 1. The number of hydrogen-bond donors (Lipinski definition) is 3. The molecule has 3 heterocycles. The van der Waals surface area contributed by atoms with E-state index in [4.69, 9.17) is 0 Å². The van der Waals surface area contributed by atoms with Crippen LogP contribution in [0.15, 0.2) is 58.8 Å². The van der Waals surface area contributed by atoms with Gasteiger partial charge in [-0.3, -0.25) is 10.1 Å². The van der Waals surface area contributed by atoms with Crippen molar-refractivity contribution in [3.8, 4) is 11.3 Å². The highest BCUT2D eigenvalue weighted by Gasteiger charge is 2.29. The minimum absolute atomic E-state index is 0.133. The molecule has 2 aromatic carbocycles. The fourth-order valence-corrected chi connectivity index (χ4v) is 6.46. The second kappa shape index (κ2) is 8.95. The number of amides is 1. The quantitative estimate of drug-likeness (QED) is 0.395. The molecule has 176 valence electrons. The van der Waals surface area contributed by atoms with Crippen LogP contribution < -0.4 is 10.2 Å². The number of carbonyl (C=O) groups is 1. The van der Waals surface area contributed by atoms with Gasteiger partial charge in [-0.05, 0) is 31.2 Å². The number of nitrogens with one attached hydrogen (secondary N) is 3. The maximum absolute atomic E-state index is 13.1. The number of quaternary nitrogens is 1. The number of carbonyl (C=O) groups excluding carboxylic acids is 1. The molecule has 10 heteroatoms. The maximum atomic E-state index is 13.1. The number of aryl methyl sites for hydroxylation is 1. The van der Waals surface area contributed by atoms with E-state index in [9.17, 15) is 13.2 Å². The lowest BCUT2D eigenvalue weighted by atomic mass is 10.1. The van der Waals surface area contributed by atoms with Crippen LogP contribution in [-0.2, 0) is 10.0 Å². The van der Waals surface area contributed by atoms with Crippen LogP contribution in [0.5, 0.6) is 0 Å². The standard InChI is InChI=1S/C24H25N5O3S2/c1-16-22(19-8-3-4-9-20(19)25-16)21-15-33-24(26-21)27-23(30)17-6-5-7-18(14-17)34(31,32)29-12-10-28(2)11-13-29/h3-9,14-15,25H,10-13H2,1-2H3,(H,26,27,30)/p+1. The Balaban J connectivity index is 1.36. The third-order valence-corrected chi connectivity index (χ3v) is 8.84. The predicted molar refractivity (Wildman–Crippen MR) is 134 cm³/mol. The Hall–Kier alpha value is -3.05. The number of para-hydroxylation sites is 1. The van der Waals surface area contributed by atoms with Gasteiger partial charge in [-0.2, -0.15) is 4.31 Å². The third kappa shape index (κ3) is 4.25. The van der Waals surface area contributed by atoms with Crippen LogP contribution in [-0.4, -0.2) is 61.8 Å². The van der Waals surface area contributed by atoms with Gasteiger partial charge >= 0.3 is 0 Å². The fraction of sp³-hybridized carbons (Fsp3) is 0.250. The average Bonchev–Trinajstić information content (AvgIpc) is 3.42. The van der Waals surface area contributed by atoms with Crippen LogP contribution in [0.25, 0.3) is 22.2 Å². The number of anilines is 1. The molecule has 0 saturated carbocycles. The number of piperazine rings is 1. The van der Waals surface area contributed by atoms with E-state index < -0.39 is 15.9 Å². The summed E-state index contributed by atoms with van der Waals surface area (Å²) in [5.41, 5.74) is 4.11. The normalized spacial score (nSPS) is 15.6. The highest BCUT2D eigenvalue weighted by atomic mass is 32.2. The summed E-state index contributed by atoms with van der Waals surface area (Å²) in [5, 5.41) is 6.26. The van der Waals surface area contributed by atoms with Gasteiger partial charge in [-0.1, -0.05) is 24.3 Å². The van der Waals surface area contributed by atoms with Crippen LogP contribution in [0.3, 0.4) is 0 Å². The number of likely N-dealkylation sites (N-methyl/N-ethyl adjacent to an activating group) is 1. The Morgan fingerprint density at radius 1 is 1.15 bits per heavy atom. The number of benzene rings is 2. The second-order valence-corrected chi connectivity index (χ2v) is 11.3. The summed E-state index contributed by atoms with van der Waals surface area (Å²) >= 11 is 1.33. The number of sulfonamides is 1. The van der Waals surface area contributed by atoms with Crippen LogP contribution in [0, 0.1) is 6.92 Å². The molecule has 4 aromatic rings. The molecule has 3 N–H and O–H groups in total. The topological polar surface area (TPSA) is 99.6 Å². The summed E-state index contributed by atoms with van der Waals surface area (Å²) in [6.45, 7) is 4.48. The number of H-pyrrole nitrogens is 1. The molecule has 2 aromatic heterocycles. The van der Waals surface area contributed by atoms with Gasteiger partial charge in [0.2, 0.25) is 10.0 Å². The molecule has 0 unspecified atom stereocenters. The Labute approximate surface area is 202 Å². The summed E-state index contributed by atoms with van der Waals surface area (Å²) < 4.78 is 27.6. The molecule has 1 aliphatic rings. The molecule has 34 heavy (non-hydrogen) atoms. The molecule has 0 radical (unpaired) electrons. The molecule has 1 fully saturated rings. The first-order valence-electron chi connectivity index (χ1n) is 11.1. The van der Waals surface area contributed by atoms with Gasteiger partial charge in [0.1, 0.15) is 0 Å². The minimum atomic E-state index is -3.64. The zero-order valence-corrected chi connectivity index (χ0v) is 20.6. The van der Waals surface area contributed by atoms with Crippen molar-refractivity contribution >= 4 is 43.3 Å². The Bertz CT molecular complexity index is 1470. The van der Waals surface area contributed by atoms with Crippen molar-refractivity contribution in [1.29, 1.82) is 0 Å². The number of nitrogens with zero attached hydrogens (tertiary/aromatic N) is 2. The lowest BCUT2D eigenvalue weighted by molar-refractivity contribution is -0.883. The van der Waals surface area contributed by atoms with Crippen molar-refractivity contribution in [2.75, 3.05) is 38.5 Å². The van der Waals surface area contributed by atoms with Gasteiger partial charge in [-0.25, -0.2) is 13.4 Å². The Morgan fingerprint density at radius 2 is 1.91 bits per heavy atom. The van der Waals surface area contributed by atoms with E-state index in [0.29, 0.717) is 18.2 Å². The molecule has 0 spiro atoms. The molecule has 0 aliphatic carbocycles. The minimum Gasteiger partial charge on any atom is -0.358 e. The summed E-state index contributed by atoms with van der Waals surface area (Å²) in [4.78, 5) is 22.4. The third-order valence-electron chi connectivity index (χ3n) is 6.18. The van der Waals surface area contributed by atoms with E-state index in [0.717, 1.165) is 40.9 Å².